The highest BCUT2D eigenvalue weighted by atomic mass is 32.3. The van der Waals surface area contributed by atoms with E-state index in [2.05, 4.69) is 36.4 Å². The summed E-state index contributed by atoms with van der Waals surface area (Å²) in [6.45, 7) is 18.4. The molecule has 3 aromatic rings. The second kappa shape index (κ2) is 12.1. The lowest BCUT2D eigenvalue weighted by Gasteiger charge is -2.56. The van der Waals surface area contributed by atoms with Crippen molar-refractivity contribution in [2.45, 2.75) is 132 Å². The molecule has 0 aromatic heterocycles. The van der Waals surface area contributed by atoms with Gasteiger partial charge in [-0.3, -0.25) is 4.79 Å². The van der Waals surface area contributed by atoms with Crippen molar-refractivity contribution in [1.29, 1.82) is 0 Å². The van der Waals surface area contributed by atoms with E-state index in [1.165, 1.54) is 19.3 Å². The molecule has 4 aliphatic carbocycles. The molecule has 7 rings (SSSR count). The van der Waals surface area contributed by atoms with Crippen LogP contribution in [0, 0.1) is 23.2 Å². The fourth-order valence-electron chi connectivity index (χ4n) is 8.27. The molecule has 6 heteroatoms. The zero-order valence-electron chi connectivity index (χ0n) is 29.9. The van der Waals surface area contributed by atoms with Crippen LogP contribution in [0.3, 0.4) is 0 Å². The number of rotatable bonds is 8. The number of carbonyl (C=O) groups excluding carboxylic acids is 1. The highest BCUT2D eigenvalue weighted by Crippen LogP contribution is 2.71. The van der Waals surface area contributed by atoms with Crippen molar-refractivity contribution in [3.8, 4) is 17.2 Å². The van der Waals surface area contributed by atoms with Crippen LogP contribution >= 0.6 is 10.3 Å². The average Bonchev–Trinajstić information content (AvgIpc) is 2.94. The summed E-state index contributed by atoms with van der Waals surface area (Å²) in [4.78, 5) is 17.8. The fourth-order valence-corrected chi connectivity index (χ4v) is 11.3. The maximum Gasteiger partial charge on any atom is 0.323 e. The molecule has 0 radical (unpaired) electrons. The Balaban J connectivity index is 1.49. The molecule has 4 fully saturated rings. The van der Waals surface area contributed by atoms with Gasteiger partial charge in [0.2, 0.25) is 0 Å². The van der Waals surface area contributed by atoms with Crippen molar-refractivity contribution in [1.82, 2.24) is 0 Å². The summed E-state index contributed by atoms with van der Waals surface area (Å²) in [6.07, 6.45) is 6.64. The Bertz CT molecular complexity index is 1370. The zero-order chi connectivity index (χ0) is 33.8. The lowest BCUT2D eigenvalue weighted by molar-refractivity contribution is -0.160. The minimum atomic E-state index is -2.52. The predicted molar refractivity (Wildman–Crippen MR) is 190 cm³/mol. The lowest BCUT2D eigenvalue weighted by atomic mass is 9.49. The summed E-state index contributed by atoms with van der Waals surface area (Å²) >= 11 is 0. The van der Waals surface area contributed by atoms with Gasteiger partial charge in [0.15, 0.2) is 0 Å². The summed E-state index contributed by atoms with van der Waals surface area (Å²) in [7, 11) is -2.52. The highest BCUT2D eigenvalue weighted by Gasteiger charge is 2.57. The van der Waals surface area contributed by atoms with E-state index in [9.17, 15) is 4.79 Å². The van der Waals surface area contributed by atoms with Gasteiger partial charge in [0.25, 0.3) is 0 Å². The Hall–Kier alpha value is -3.12. The number of benzene rings is 3. The first-order valence-corrected chi connectivity index (χ1v) is 18.9. The van der Waals surface area contributed by atoms with Gasteiger partial charge in [-0.1, -0.05) is 0 Å². The second-order valence-electron chi connectivity index (χ2n) is 17.2. The van der Waals surface area contributed by atoms with E-state index in [-0.39, 0.29) is 22.8 Å². The van der Waals surface area contributed by atoms with Crippen molar-refractivity contribution < 1.29 is 23.2 Å². The van der Waals surface area contributed by atoms with Crippen LogP contribution in [0.1, 0.15) is 101 Å². The summed E-state index contributed by atoms with van der Waals surface area (Å²) in [5.74, 6) is 4.21. The van der Waals surface area contributed by atoms with Gasteiger partial charge < -0.3 is 18.4 Å². The molecule has 254 valence electrons. The van der Waals surface area contributed by atoms with Crippen molar-refractivity contribution in [3.63, 3.8) is 0 Å². The average molecular weight is 659 g/mol. The quantitative estimate of drug-likeness (QED) is 0.241. The van der Waals surface area contributed by atoms with Gasteiger partial charge >= 0.3 is 5.97 Å². The van der Waals surface area contributed by atoms with Gasteiger partial charge in [0.1, 0.15) is 34.1 Å². The molecule has 0 saturated heterocycles. The largest absolute Gasteiger partial charge is 0.488 e. The fraction of sp³-hybridized carbons (Fsp3) is 0.537. The standard InChI is InChI=1S/C41H54O5S/c1-38(2,3)43-31-10-16-34(17-11-31)47(35-18-12-32(13-19-35)44-39(4,5)6,36-20-14-33(15-21-36)45-40(7,8)9)46-37(42)41-25-28-22-29(26-41)24-30(23-28)27-41/h10-21,28-30H,22-27H2,1-9H3. The first-order chi connectivity index (χ1) is 21.9. The topological polar surface area (TPSA) is 54.0 Å². The minimum Gasteiger partial charge on any atom is -0.488 e. The van der Waals surface area contributed by atoms with Crippen molar-refractivity contribution in [2.24, 2.45) is 23.2 Å². The normalized spacial score (nSPS) is 24.5. The minimum absolute atomic E-state index is 0.0355. The third-order valence-corrected chi connectivity index (χ3v) is 12.6. The molecule has 3 aromatic carbocycles. The Labute approximate surface area is 284 Å². The lowest BCUT2D eigenvalue weighted by Crippen LogP contribution is -2.50. The van der Waals surface area contributed by atoms with Gasteiger partial charge in [-0.05, 0) is 202 Å². The van der Waals surface area contributed by atoms with Crippen LogP contribution in [-0.4, -0.2) is 22.8 Å². The van der Waals surface area contributed by atoms with Crippen LogP contribution in [0.15, 0.2) is 87.5 Å². The Kier molecular flexibility index (Phi) is 8.68. The molecule has 4 saturated carbocycles. The van der Waals surface area contributed by atoms with Gasteiger partial charge in [-0.25, -0.2) is 0 Å². The number of carbonyl (C=O) groups is 1. The Morgan fingerprint density at radius 1 is 0.532 bits per heavy atom. The molecule has 4 bridgehead atoms. The molecule has 0 spiro atoms. The summed E-state index contributed by atoms with van der Waals surface area (Å²) < 4.78 is 25.9. The molecule has 0 unspecified atom stereocenters. The zero-order valence-corrected chi connectivity index (χ0v) is 30.7. The van der Waals surface area contributed by atoms with Crippen LogP contribution in [0.4, 0.5) is 0 Å². The first-order valence-electron chi connectivity index (χ1n) is 17.4. The van der Waals surface area contributed by atoms with Crippen LogP contribution < -0.4 is 14.2 Å². The summed E-state index contributed by atoms with van der Waals surface area (Å²) in [5.41, 5.74) is -1.40. The second-order valence-corrected chi connectivity index (χ2v) is 19.9. The van der Waals surface area contributed by atoms with E-state index in [4.69, 9.17) is 18.4 Å². The van der Waals surface area contributed by atoms with E-state index >= 15 is 0 Å². The molecule has 0 aliphatic heterocycles. The number of hydrogen-bond acceptors (Lipinski definition) is 5. The van der Waals surface area contributed by atoms with Crippen molar-refractivity contribution >= 4 is 16.3 Å². The third-order valence-electron chi connectivity index (χ3n) is 9.41. The van der Waals surface area contributed by atoms with Crippen molar-refractivity contribution in [2.75, 3.05) is 0 Å². The molecular weight excluding hydrogens is 605 g/mol. The summed E-state index contributed by atoms with van der Waals surface area (Å²) in [6, 6.07) is 24.6. The molecule has 5 nitrogen and oxygen atoms in total. The Morgan fingerprint density at radius 3 is 1.06 bits per heavy atom. The smallest absolute Gasteiger partial charge is 0.323 e. The number of hydrogen-bond donors (Lipinski definition) is 0. The molecule has 4 aliphatic rings. The third kappa shape index (κ3) is 7.48. The highest BCUT2D eigenvalue weighted by molar-refractivity contribution is 8.30. The van der Waals surface area contributed by atoms with Crippen LogP contribution in [0.25, 0.3) is 0 Å². The maximum absolute atomic E-state index is 14.9. The molecule has 47 heavy (non-hydrogen) atoms. The SMILES string of the molecule is CC(C)(C)Oc1ccc(S(OC(=O)C23CC4CC(CC(C4)C2)C3)(c2ccc(OC(C)(C)C)cc2)c2ccc(OC(C)(C)C)cc2)cc1. The monoisotopic (exact) mass is 658 g/mol. The molecule has 0 N–H and O–H groups in total. The maximum atomic E-state index is 14.9. The van der Waals surface area contributed by atoms with Gasteiger partial charge in [-0.2, -0.15) is 0 Å². The van der Waals surface area contributed by atoms with E-state index in [0.29, 0.717) is 17.8 Å². The van der Waals surface area contributed by atoms with Crippen molar-refractivity contribution in [3.05, 3.63) is 72.8 Å². The van der Waals surface area contributed by atoms with Gasteiger partial charge in [0, 0.05) is 14.7 Å². The van der Waals surface area contributed by atoms with E-state index in [1.807, 2.05) is 98.7 Å². The molecule has 0 heterocycles. The van der Waals surface area contributed by atoms with Gasteiger partial charge in [-0.15, -0.1) is 0 Å². The first kappa shape index (κ1) is 33.8. The summed E-state index contributed by atoms with van der Waals surface area (Å²) in [5, 5.41) is 0. The van der Waals surface area contributed by atoms with E-state index < -0.39 is 15.7 Å². The number of ether oxygens (including phenoxy) is 3. The molecule has 0 atom stereocenters. The van der Waals surface area contributed by atoms with Gasteiger partial charge in [0.05, 0.1) is 5.41 Å². The van der Waals surface area contributed by atoms with E-state index in [1.54, 1.807) is 0 Å². The Morgan fingerprint density at radius 2 is 0.809 bits per heavy atom. The van der Waals surface area contributed by atoms with Crippen LogP contribution in [0.5, 0.6) is 17.2 Å². The molecular formula is C41H54O5S. The predicted octanol–water partition coefficient (Wildman–Crippen LogP) is 11.2. The van der Waals surface area contributed by atoms with Crippen LogP contribution in [-0.2, 0) is 8.98 Å². The van der Waals surface area contributed by atoms with E-state index in [0.717, 1.165) is 51.2 Å². The molecule has 0 amide bonds. The van der Waals surface area contributed by atoms with Crippen LogP contribution in [0.2, 0.25) is 0 Å².